The van der Waals surface area contributed by atoms with Crippen molar-refractivity contribution < 1.29 is 58.9 Å². The molecule has 790 valence electrons. The van der Waals surface area contributed by atoms with E-state index in [0.29, 0.717) is 192 Å². The zero-order valence-corrected chi connectivity index (χ0v) is 89.5. The van der Waals surface area contributed by atoms with Gasteiger partial charge in [0, 0.05) is 89.1 Å². The predicted octanol–water partition coefficient (Wildman–Crippen LogP) is 17.1. The molecule has 0 aromatic rings. The lowest BCUT2D eigenvalue weighted by atomic mass is 9.43. The van der Waals surface area contributed by atoms with Crippen LogP contribution in [0.3, 0.4) is 0 Å². The molecule has 0 radical (unpaired) electrons. The van der Waals surface area contributed by atoms with Gasteiger partial charge in [0.1, 0.15) is 0 Å². The van der Waals surface area contributed by atoms with Gasteiger partial charge in [-0.25, -0.2) is 0 Å². The molecule has 16 unspecified atom stereocenters. The molecule has 22 nitrogen and oxygen atoms in total. The first-order valence-electron chi connectivity index (χ1n) is 57.7. The van der Waals surface area contributed by atoms with Crippen LogP contribution in [0.15, 0.2) is 0 Å². The summed E-state index contributed by atoms with van der Waals surface area (Å²) in [5.74, 6) is 14.2. The van der Waals surface area contributed by atoms with Crippen molar-refractivity contribution in [2.45, 2.75) is 414 Å². The first-order chi connectivity index (χ1) is 65.4. The fourth-order valence-electron chi connectivity index (χ4n) is 38.7. The number of carbonyl (C=O) groups is 4. The van der Waals surface area contributed by atoms with Crippen molar-refractivity contribution >= 4 is 23.9 Å². The largest absolute Gasteiger partial charge is 0.481 e. The van der Waals surface area contributed by atoms with Gasteiger partial charge in [0.2, 0.25) is 0 Å². The molecule has 0 saturated heterocycles. The molecule has 16 saturated carbocycles. The van der Waals surface area contributed by atoms with E-state index in [9.17, 15) is 39.6 Å². The van der Waals surface area contributed by atoms with Crippen LogP contribution in [0.5, 0.6) is 0 Å². The lowest BCUT2D eigenvalue weighted by molar-refractivity contribution is -0.162. The van der Waals surface area contributed by atoms with Crippen molar-refractivity contribution in [3.8, 4) is 0 Å². The molecule has 0 aromatic carbocycles. The van der Waals surface area contributed by atoms with E-state index in [2.05, 4.69) is 115 Å². The second-order valence-corrected chi connectivity index (χ2v) is 52.0. The van der Waals surface area contributed by atoms with E-state index in [1.54, 1.807) is 0 Å². The quantitative estimate of drug-likeness (QED) is 0.0155. The van der Waals surface area contributed by atoms with E-state index in [1.165, 1.54) is 195 Å². The number of unbranched alkanes of at least 4 members (excludes halogenated alkanes) is 1. The summed E-state index contributed by atoms with van der Waals surface area (Å²) in [4.78, 5) is 46.3. The zero-order valence-electron chi connectivity index (χ0n) is 89.5. The summed E-state index contributed by atoms with van der Waals surface area (Å²) in [6.07, 6.45) is 48.6. The molecular weight excluding hydrogens is 1710 g/mol. The Morgan fingerprint density at radius 3 is 0.766 bits per heavy atom. The number of nitrogens with two attached hydrogens (primary N) is 4. The molecule has 0 aliphatic heterocycles. The molecule has 0 bridgehead atoms. The number of aliphatic hydroxyl groups excluding tert-OH is 4. The average Bonchev–Trinajstić information content (AvgIpc) is 1.68. The van der Waals surface area contributed by atoms with Crippen molar-refractivity contribution in [1.29, 1.82) is 0 Å². The topological polar surface area (TPSA) is 373 Å². The predicted molar refractivity (Wildman–Crippen MR) is 551 cm³/mol. The molecule has 16 rings (SSSR count). The van der Waals surface area contributed by atoms with Crippen molar-refractivity contribution in [3.05, 3.63) is 0 Å². The molecule has 16 aliphatic carbocycles. The monoisotopic (exact) mass is 1920 g/mol. The van der Waals surface area contributed by atoms with E-state index in [4.69, 9.17) is 42.3 Å². The van der Waals surface area contributed by atoms with Crippen LogP contribution in [0.2, 0.25) is 0 Å². The van der Waals surface area contributed by atoms with E-state index in [0.717, 1.165) is 184 Å². The van der Waals surface area contributed by atoms with Crippen LogP contribution >= 0.6 is 0 Å². The van der Waals surface area contributed by atoms with Crippen LogP contribution in [0.1, 0.15) is 366 Å². The molecule has 16 aliphatic rings. The number of nitrogens with one attached hydrogen (secondary N) is 6. The lowest BCUT2D eigenvalue weighted by Crippen LogP contribution is -2.59. The lowest BCUT2D eigenvalue weighted by Gasteiger charge is -2.62. The van der Waals surface area contributed by atoms with Crippen LogP contribution in [0.25, 0.3) is 0 Å². The number of esters is 3. The van der Waals surface area contributed by atoms with Gasteiger partial charge < -0.3 is 94.6 Å². The van der Waals surface area contributed by atoms with Gasteiger partial charge in [0.25, 0.3) is 0 Å². The molecule has 19 N–H and O–H groups in total. The number of carboxylic acids is 1. The van der Waals surface area contributed by atoms with E-state index >= 15 is 0 Å². The Morgan fingerprint density at radius 1 is 0.285 bits per heavy atom. The van der Waals surface area contributed by atoms with Gasteiger partial charge in [0.15, 0.2) is 0 Å². The van der Waals surface area contributed by atoms with Gasteiger partial charge in [-0.3, -0.25) is 19.2 Å². The summed E-state index contributed by atoms with van der Waals surface area (Å²) < 4.78 is 14.7. The standard InChI is InChI=1S/C35H66N4O3.2C27H48N2O3.C26H46N2O3/c1-25(9-12-33(41)42-4)28-10-11-29-27-24-32(40)31-23-26(13-15-35(31,3)30(27)14-16-34(28,29)2)39-22-8-21-38-19-6-5-18-37-20-7-17-36;2*1-17(5-8-25(31)32-4)20-6-7-21-19-16-24(30)23-15-18(29-14-13-28)9-11-27(23,3)22(19)10-12-26(20,21)2;1-16(4-7-24(30)31)19-5-6-20-18-15-23(29)22-14-17(28-13-12-27)8-10-26(22,3)21(18)9-11-25(19,20)2/h25-32,37-40H,5-24,36H2,1-4H3;2*17-24,29-30H,5-16,28H2,1-4H3;16-23,28-29H,4-15,27H2,1-3H3,(H,30,31)/t25?,26-,27?,28-,29?,30?,31-,32-,34-,35-;17?,18-,19?,20+,21?,22?,23+,24+,26+,27+;17?,18-,19?,20-,21?,22?,23-,24-,26-,27-;16?,17-,18?,19+,20?,21?,22+,23+,25+,26+/m1010/s1. The summed E-state index contributed by atoms with van der Waals surface area (Å²) in [7, 11) is 4.48. The Kier molecular flexibility index (Phi) is 39.9. The van der Waals surface area contributed by atoms with Gasteiger partial charge >= 0.3 is 23.9 Å². The maximum atomic E-state index is 11.8. The highest BCUT2D eigenvalue weighted by Gasteiger charge is 2.68. The average molecular weight is 1920 g/mol. The number of aliphatic hydroxyl groups is 4. The summed E-state index contributed by atoms with van der Waals surface area (Å²) >= 11 is 0. The van der Waals surface area contributed by atoms with Gasteiger partial charge in [0.05, 0.1) is 45.7 Å². The van der Waals surface area contributed by atoms with Crippen molar-refractivity contribution in [2.75, 3.05) is 99.9 Å². The Labute approximate surface area is 832 Å². The minimum Gasteiger partial charge on any atom is -0.481 e. The number of carboxylic acid groups (broad SMARTS) is 1. The van der Waals surface area contributed by atoms with Crippen LogP contribution in [0, 0.1) is 185 Å². The maximum absolute atomic E-state index is 11.8. The molecule has 0 heterocycles. The summed E-state index contributed by atoms with van der Waals surface area (Å²) in [5.41, 5.74) is 25.2. The Hall–Kier alpha value is -2.68. The van der Waals surface area contributed by atoms with Gasteiger partial charge in [-0.15, -0.1) is 0 Å². The van der Waals surface area contributed by atoms with Gasteiger partial charge in [-0.1, -0.05) is 83.1 Å². The highest BCUT2D eigenvalue weighted by molar-refractivity contribution is 5.70. The Balaban J connectivity index is 0.000000156. The molecule has 40 atom stereocenters. The van der Waals surface area contributed by atoms with Gasteiger partial charge in [-0.05, 0) is 481 Å². The number of methoxy groups -OCH3 is 3. The number of rotatable bonds is 38. The number of hydrogen-bond acceptors (Lipinski definition) is 21. The fourth-order valence-corrected chi connectivity index (χ4v) is 38.7. The van der Waals surface area contributed by atoms with E-state index in [1.807, 2.05) is 0 Å². The smallest absolute Gasteiger partial charge is 0.305 e. The van der Waals surface area contributed by atoms with Crippen LogP contribution < -0.4 is 54.8 Å². The van der Waals surface area contributed by atoms with Gasteiger partial charge in [-0.2, -0.15) is 0 Å². The van der Waals surface area contributed by atoms with Crippen molar-refractivity contribution in [1.82, 2.24) is 31.9 Å². The molecule has 137 heavy (non-hydrogen) atoms. The molecule has 0 aromatic heterocycles. The fraction of sp³-hybridized carbons (Fsp3) is 0.965. The van der Waals surface area contributed by atoms with Crippen LogP contribution in [-0.2, 0) is 33.4 Å². The van der Waals surface area contributed by atoms with Crippen molar-refractivity contribution in [2.24, 2.45) is 208 Å². The molecule has 16 fully saturated rings. The second-order valence-electron chi connectivity index (χ2n) is 52.0. The Bertz CT molecular complexity index is 3650. The number of carbonyl (C=O) groups excluding carboxylic acids is 3. The zero-order chi connectivity index (χ0) is 98.7. The maximum Gasteiger partial charge on any atom is 0.305 e. The second kappa shape index (κ2) is 49.0. The highest BCUT2D eigenvalue weighted by atomic mass is 16.5. The van der Waals surface area contributed by atoms with E-state index in [-0.39, 0.29) is 64.0 Å². The van der Waals surface area contributed by atoms with Crippen molar-refractivity contribution in [3.63, 3.8) is 0 Å². The third kappa shape index (κ3) is 24.0. The third-order valence-electron chi connectivity index (χ3n) is 45.9. The Morgan fingerprint density at radius 2 is 0.518 bits per heavy atom. The first-order valence-corrected chi connectivity index (χ1v) is 57.7. The van der Waals surface area contributed by atoms with Crippen LogP contribution in [-0.4, -0.2) is 198 Å². The SMILES string of the molecule is CC(CCC(=O)O)[C@H]1CCC2C3C[C@@H](O)[C@H]4C[C@@H](NCCN)CC[C@]4(C)C3CC[C@@]21C.COC(=O)CCC(C)[C@H]1CCC2C3C[C@@H](O)[C@H]4C[C@@H](NCCN)CC[C@]4(C)C3CC[C@@]21C.COC(=O)CCC(C)[C@H]1CCC2C3C[C@@H](O)[C@H]4C[C@H](NCCCNCCCCNCCCN)CC[C@]4(C)C3CC[C@@]21C.COC(=O)CCC(C)[C@H]1CCC2C3C[C@@H](O)[C@H]4C[C@H](NCCN)CC[C@]4(C)C3CC[C@@]21C. The third-order valence-corrected chi connectivity index (χ3v) is 45.9. The normalized spacial score (nSPS) is 44.4. The molecular formula is C115H208N10O12. The summed E-state index contributed by atoms with van der Waals surface area (Å²) in [6, 6.07) is 2.09. The minimum absolute atomic E-state index is 0.0739. The van der Waals surface area contributed by atoms with Crippen LogP contribution in [0.4, 0.5) is 0 Å². The first kappa shape index (κ1) is 112. The number of ether oxygens (including phenoxy) is 3. The summed E-state index contributed by atoms with van der Waals surface area (Å²) in [6.45, 7) is 40.5. The summed E-state index contributed by atoms with van der Waals surface area (Å²) in [5, 5.41) is 76.8. The minimum atomic E-state index is -0.666. The molecule has 22 heteroatoms. The highest BCUT2D eigenvalue weighted by Crippen LogP contribution is 2.74. The van der Waals surface area contributed by atoms with E-state index < -0.39 is 5.97 Å². The number of aliphatic carboxylic acids is 1. The molecule has 0 spiro atoms. The number of fused-ring (bicyclic) bond motifs is 20. The molecule has 0 amide bonds. The number of hydrogen-bond donors (Lipinski definition) is 15.